The second-order valence-electron chi connectivity index (χ2n) is 4.63. The van der Waals surface area contributed by atoms with E-state index in [1.165, 1.54) is 0 Å². The van der Waals surface area contributed by atoms with Crippen molar-refractivity contribution < 1.29 is 23.6 Å². The molecule has 2 rings (SSSR count). The van der Waals surface area contributed by atoms with E-state index in [1.807, 2.05) is 0 Å². The van der Waals surface area contributed by atoms with Crippen LogP contribution in [0, 0.1) is 5.82 Å². The molecule has 1 aliphatic heterocycles. The summed E-state index contributed by atoms with van der Waals surface area (Å²) < 4.78 is 13.0. The summed E-state index contributed by atoms with van der Waals surface area (Å²) in [6.45, 7) is 0. The van der Waals surface area contributed by atoms with E-state index in [-0.39, 0.29) is 5.56 Å². The van der Waals surface area contributed by atoms with E-state index in [4.69, 9.17) is 5.73 Å². The van der Waals surface area contributed by atoms with Crippen LogP contribution < -0.4 is 5.73 Å². The number of amides is 5. The quantitative estimate of drug-likeness (QED) is 0.750. The monoisotopic (exact) mass is 293 g/mol. The minimum absolute atomic E-state index is 0.0856. The molecule has 110 valence electrons. The highest BCUT2D eigenvalue weighted by Gasteiger charge is 2.61. The summed E-state index contributed by atoms with van der Waals surface area (Å²) in [6.07, 6.45) is 0. The van der Waals surface area contributed by atoms with Gasteiger partial charge in [0.15, 0.2) is 0 Å². The van der Waals surface area contributed by atoms with Crippen molar-refractivity contribution in [3.05, 3.63) is 35.6 Å². The number of nitrogens with two attached hydrogens (primary N) is 1. The molecule has 21 heavy (non-hydrogen) atoms. The van der Waals surface area contributed by atoms with Crippen molar-refractivity contribution >= 4 is 23.8 Å². The number of hydrogen-bond donors (Lipinski definition) is 1. The number of halogens is 1. The number of carbonyl (C=O) groups is 4. The third-order valence-corrected chi connectivity index (χ3v) is 3.47. The minimum Gasteiger partial charge on any atom is -0.368 e. The molecule has 8 heteroatoms. The third kappa shape index (κ3) is 1.79. The molecular formula is C13H12FN3O4. The second kappa shape index (κ2) is 4.65. The lowest BCUT2D eigenvalue weighted by Crippen LogP contribution is -2.69. The predicted molar refractivity (Wildman–Crippen MR) is 68.2 cm³/mol. The number of likely N-dealkylation sites (N-methyl/N-ethyl adjacent to an activating group) is 2. The van der Waals surface area contributed by atoms with Crippen LogP contribution in [-0.4, -0.2) is 47.6 Å². The number of hydrogen-bond acceptors (Lipinski definition) is 4. The zero-order chi connectivity index (χ0) is 15.9. The van der Waals surface area contributed by atoms with Crippen LogP contribution in [0.15, 0.2) is 24.3 Å². The van der Waals surface area contributed by atoms with Gasteiger partial charge in [-0.25, -0.2) is 9.18 Å². The standard InChI is InChI=1S/C13H12FN3O4/c1-16-10(19)13(9(15)18,11(20)17(2)12(16)21)7-3-5-8(14)6-4-7/h3-6H,1-2H3,(H2,15,18). The lowest BCUT2D eigenvalue weighted by Gasteiger charge is -2.39. The molecule has 0 aliphatic carbocycles. The summed E-state index contributed by atoms with van der Waals surface area (Å²) in [5, 5.41) is 0. The number of imide groups is 2. The van der Waals surface area contributed by atoms with Crippen LogP contribution >= 0.6 is 0 Å². The van der Waals surface area contributed by atoms with Gasteiger partial charge in [-0.15, -0.1) is 0 Å². The van der Waals surface area contributed by atoms with E-state index in [0.717, 1.165) is 38.4 Å². The maximum atomic E-state index is 13.0. The molecule has 0 atom stereocenters. The number of urea groups is 1. The number of rotatable bonds is 2. The minimum atomic E-state index is -2.37. The molecule has 1 aromatic carbocycles. The summed E-state index contributed by atoms with van der Waals surface area (Å²) in [6, 6.07) is 3.36. The van der Waals surface area contributed by atoms with Crippen LogP contribution in [0.3, 0.4) is 0 Å². The van der Waals surface area contributed by atoms with Gasteiger partial charge in [0.2, 0.25) is 11.3 Å². The second-order valence-corrected chi connectivity index (χ2v) is 4.63. The van der Waals surface area contributed by atoms with Crippen molar-refractivity contribution in [2.75, 3.05) is 14.1 Å². The molecule has 0 spiro atoms. The Morgan fingerprint density at radius 1 is 1.05 bits per heavy atom. The summed E-state index contributed by atoms with van der Waals surface area (Å²) in [4.78, 5) is 49.7. The molecule has 1 heterocycles. The highest BCUT2D eigenvalue weighted by molar-refractivity contribution is 6.34. The van der Waals surface area contributed by atoms with Crippen molar-refractivity contribution in [1.29, 1.82) is 0 Å². The molecule has 5 amide bonds. The average molecular weight is 293 g/mol. The summed E-state index contributed by atoms with van der Waals surface area (Å²) in [7, 11) is 2.27. The molecule has 0 saturated carbocycles. The van der Waals surface area contributed by atoms with Gasteiger partial charge in [-0.3, -0.25) is 24.2 Å². The van der Waals surface area contributed by atoms with E-state index >= 15 is 0 Å². The fourth-order valence-electron chi connectivity index (χ4n) is 2.29. The Hall–Kier alpha value is -2.77. The van der Waals surface area contributed by atoms with Crippen molar-refractivity contribution in [1.82, 2.24) is 9.80 Å². The smallest absolute Gasteiger partial charge is 0.332 e. The Morgan fingerprint density at radius 2 is 1.48 bits per heavy atom. The fourth-order valence-corrected chi connectivity index (χ4v) is 2.29. The first-order valence-electron chi connectivity index (χ1n) is 5.90. The third-order valence-electron chi connectivity index (χ3n) is 3.47. The summed E-state index contributed by atoms with van der Waals surface area (Å²) in [5.74, 6) is -3.95. The fraction of sp³-hybridized carbons (Fsp3) is 0.231. The van der Waals surface area contributed by atoms with Gasteiger partial charge in [0.05, 0.1) is 0 Å². The van der Waals surface area contributed by atoms with Crippen LogP contribution in [-0.2, 0) is 19.8 Å². The lowest BCUT2D eigenvalue weighted by molar-refractivity contribution is -0.154. The Labute approximate surface area is 119 Å². The Morgan fingerprint density at radius 3 is 1.86 bits per heavy atom. The van der Waals surface area contributed by atoms with E-state index < -0.39 is 35.0 Å². The Kier molecular flexibility index (Phi) is 3.24. The van der Waals surface area contributed by atoms with Crippen LogP contribution in [0.1, 0.15) is 5.56 Å². The van der Waals surface area contributed by atoms with Gasteiger partial charge < -0.3 is 5.73 Å². The molecule has 1 saturated heterocycles. The number of nitrogens with zero attached hydrogens (tertiary/aromatic N) is 2. The first kappa shape index (κ1) is 14.6. The van der Waals surface area contributed by atoms with Crippen molar-refractivity contribution in [2.24, 2.45) is 5.73 Å². The molecule has 0 radical (unpaired) electrons. The SMILES string of the molecule is CN1C(=O)N(C)C(=O)C(C(N)=O)(c2ccc(F)cc2)C1=O. The van der Waals surface area contributed by atoms with Gasteiger partial charge in [-0.2, -0.15) is 0 Å². The highest BCUT2D eigenvalue weighted by Crippen LogP contribution is 2.32. The van der Waals surface area contributed by atoms with Crippen molar-refractivity contribution in [3.8, 4) is 0 Å². The summed E-state index contributed by atoms with van der Waals surface area (Å²) >= 11 is 0. The summed E-state index contributed by atoms with van der Waals surface area (Å²) in [5.41, 5.74) is 2.83. The van der Waals surface area contributed by atoms with Crippen LogP contribution in [0.25, 0.3) is 0 Å². The number of carbonyl (C=O) groups excluding carboxylic acids is 4. The zero-order valence-electron chi connectivity index (χ0n) is 11.3. The van der Waals surface area contributed by atoms with Gasteiger partial charge in [0.25, 0.3) is 11.8 Å². The predicted octanol–water partition coefficient (Wildman–Crippen LogP) is -0.401. The largest absolute Gasteiger partial charge is 0.368 e. The topological polar surface area (TPSA) is 101 Å². The molecule has 2 N–H and O–H groups in total. The van der Waals surface area contributed by atoms with Gasteiger partial charge in [0.1, 0.15) is 5.82 Å². The molecule has 0 aromatic heterocycles. The van der Waals surface area contributed by atoms with Crippen LogP contribution in [0.4, 0.5) is 9.18 Å². The van der Waals surface area contributed by atoms with E-state index in [0.29, 0.717) is 9.80 Å². The molecule has 1 aliphatic rings. The molecule has 1 fully saturated rings. The van der Waals surface area contributed by atoms with Crippen LogP contribution in [0.5, 0.6) is 0 Å². The van der Waals surface area contributed by atoms with Gasteiger partial charge in [0, 0.05) is 14.1 Å². The first-order chi connectivity index (χ1) is 9.74. The lowest BCUT2D eigenvalue weighted by atomic mass is 9.76. The highest BCUT2D eigenvalue weighted by atomic mass is 19.1. The van der Waals surface area contributed by atoms with E-state index in [1.54, 1.807) is 0 Å². The molecule has 0 unspecified atom stereocenters. The van der Waals surface area contributed by atoms with E-state index in [9.17, 15) is 23.6 Å². The number of barbiturate groups is 1. The Bertz CT molecular complexity index is 632. The molecule has 7 nitrogen and oxygen atoms in total. The normalized spacial score (nSPS) is 18.1. The Balaban J connectivity index is 2.74. The van der Waals surface area contributed by atoms with Crippen molar-refractivity contribution in [3.63, 3.8) is 0 Å². The molecule has 0 bridgehead atoms. The molecule has 1 aromatic rings. The first-order valence-corrected chi connectivity index (χ1v) is 5.90. The number of primary amides is 1. The van der Waals surface area contributed by atoms with Gasteiger partial charge in [-0.1, -0.05) is 12.1 Å². The van der Waals surface area contributed by atoms with Crippen LogP contribution in [0.2, 0.25) is 0 Å². The molecular weight excluding hydrogens is 281 g/mol. The maximum Gasteiger partial charge on any atom is 0.332 e. The zero-order valence-corrected chi connectivity index (χ0v) is 11.3. The van der Waals surface area contributed by atoms with Crippen molar-refractivity contribution in [2.45, 2.75) is 5.41 Å². The number of benzene rings is 1. The van der Waals surface area contributed by atoms with Gasteiger partial charge in [-0.05, 0) is 17.7 Å². The van der Waals surface area contributed by atoms with E-state index in [2.05, 4.69) is 0 Å². The van der Waals surface area contributed by atoms with Gasteiger partial charge >= 0.3 is 6.03 Å². The average Bonchev–Trinajstić information content (AvgIpc) is 2.45. The maximum absolute atomic E-state index is 13.0.